The van der Waals surface area contributed by atoms with Gasteiger partial charge in [-0.05, 0) is 76.2 Å². The Hall–Kier alpha value is -4.17. The largest absolute Gasteiger partial charge is 0.315 e. The van der Waals surface area contributed by atoms with Crippen LogP contribution in [0.4, 0.5) is 5.69 Å². The number of carbonyl (C=O) groups excluding carboxylic acids is 1. The van der Waals surface area contributed by atoms with E-state index in [4.69, 9.17) is 0 Å². The summed E-state index contributed by atoms with van der Waals surface area (Å²) in [6, 6.07) is 40.1. The number of rotatable bonds is 6. The number of likely N-dealkylation sites (N-methyl/N-ethyl adjacent to an activating group) is 1. The second-order valence-electron chi connectivity index (χ2n) is 9.43. The molecule has 5 aromatic carbocycles. The molecule has 194 valence electrons. The maximum Gasteiger partial charge on any atom is 0.234 e. The monoisotopic (exact) mass is 501 g/mol. The molecule has 0 aliphatic heterocycles. The van der Waals surface area contributed by atoms with Gasteiger partial charge < -0.3 is 4.90 Å². The molecule has 1 amide bonds. The summed E-state index contributed by atoms with van der Waals surface area (Å²) in [4.78, 5) is 15.1. The van der Waals surface area contributed by atoms with Crippen molar-refractivity contribution in [2.24, 2.45) is 0 Å². The first-order chi connectivity index (χ1) is 17.5. The normalized spacial score (nSPS) is 11.2. The van der Waals surface area contributed by atoms with E-state index in [0.29, 0.717) is 0 Å². The Morgan fingerprint density at radius 3 is 1.97 bits per heavy atom. The fourth-order valence-electron chi connectivity index (χ4n) is 4.97. The summed E-state index contributed by atoms with van der Waals surface area (Å²) in [5.41, 5.74) is 7.97. The fraction of sp³-hybridized carbons (Fsp3) is 0.194. The summed E-state index contributed by atoms with van der Waals surface area (Å²) in [5.74, 6) is -0.0304. The molecule has 0 spiro atoms. The average Bonchev–Trinajstić information content (AvgIpc) is 2.93. The molecule has 1 atom stereocenters. The fourth-order valence-corrected chi connectivity index (χ4v) is 4.97. The van der Waals surface area contributed by atoms with Gasteiger partial charge in [0.05, 0.1) is 5.92 Å². The summed E-state index contributed by atoms with van der Waals surface area (Å²) in [7, 11) is 1.87. The van der Waals surface area contributed by atoms with Gasteiger partial charge in [-0.2, -0.15) is 0 Å². The maximum absolute atomic E-state index is 13.3. The van der Waals surface area contributed by atoms with Crippen LogP contribution in [0.5, 0.6) is 0 Å². The molecule has 1 unspecified atom stereocenters. The molecule has 0 fully saturated rings. The molecule has 2 heteroatoms. The van der Waals surface area contributed by atoms with Crippen molar-refractivity contribution >= 4 is 22.4 Å². The number of amides is 1. The number of nitrogens with zero attached hydrogens (tertiary/aromatic N) is 1. The van der Waals surface area contributed by atoms with Gasteiger partial charge in [0.2, 0.25) is 5.91 Å². The van der Waals surface area contributed by atoms with Gasteiger partial charge in [-0.3, -0.25) is 4.79 Å². The quantitative estimate of drug-likeness (QED) is 0.227. The van der Waals surface area contributed by atoms with Crippen molar-refractivity contribution in [1.82, 2.24) is 0 Å². The molecule has 2 nitrogen and oxygen atoms in total. The van der Waals surface area contributed by atoms with Gasteiger partial charge in [-0.25, -0.2) is 0 Å². The Morgan fingerprint density at radius 1 is 0.711 bits per heavy atom. The number of carbonyl (C=O) groups is 1. The van der Waals surface area contributed by atoms with Crippen LogP contribution < -0.4 is 4.90 Å². The van der Waals surface area contributed by atoms with Crippen molar-refractivity contribution < 1.29 is 4.79 Å². The third kappa shape index (κ3) is 5.70. The molecule has 0 heterocycles. The Kier molecular flexibility index (Phi) is 9.25. The minimum Gasteiger partial charge on any atom is -0.315 e. The van der Waals surface area contributed by atoms with Crippen LogP contribution in [0.25, 0.3) is 33.0 Å². The van der Waals surface area contributed by atoms with Gasteiger partial charge in [0.15, 0.2) is 0 Å². The highest BCUT2D eigenvalue weighted by Gasteiger charge is 2.23. The van der Waals surface area contributed by atoms with E-state index in [9.17, 15) is 4.79 Å². The first-order valence-corrected chi connectivity index (χ1v) is 12.6. The molecule has 0 saturated carbocycles. The van der Waals surface area contributed by atoms with Crippen LogP contribution in [0.15, 0.2) is 115 Å². The van der Waals surface area contributed by atoms with Gasteiger partial charge in [0.1, 0.15) is 0 Å². The lowest BCUT2D eigenvalue weighted by Crippen LogP contribution is -2.31. The molecule has 0 N–H and O–H groups in total. The molecule has 0 aliphatic rings. The number of hydrogen-bond acceptors (Lipinski definition) is 1. The first kappa shape index (κ1) is 28.4. The molecule has 5 aromatic rings. The minimum atomic E-state index is -0.145. The zero-order valence-corrected chi connectivity index (χ0v) is 21.1. The number of anilines is 1. The van der Waals surface area contributed by atoms with Crippen molar-refractivity contribution in [3.8, 4) is 22.3 Å². The maximum atomic E-state index is 13.3. The van der Waals surface area contributed by atoms with Crippen LogP contribution in [0, 0.1) is 6.92 Å². The summed E-state index contributed by atoms with van der Waals surface area (Å²) < 4.78 is 0. The van der Waals surface area contributed by atoms with E-state index in [1.54, 1.807) is 4.90 Å². The second kappa shape index (κ2) is 12.4. The molecule has 0 bridgehead atoms. The van der Waals surface area contributed by atoms with E-state index in [-0.39, 0.29) is 26.7 Å². The van der Waals surface area contributed by atoms with E-state index in [1.807, 2.05) is 49.5 Å². The standard InChI is InChI=1S/C34H31NO.2CH4/c1-4-31(26-11-7-5-8-12-26)34(36)35(3)30-19-17-25(18-20-30)29-22-28-16-15-24(2)21-32(28)33(23-29)27-13-9-6-10-14-27;;/h5-23,31H,4H2,1-3H3;2*1H4. The Balaban J connectivity index is 0.00000200. The molecule has 0 aliphatic carbocycles. The van der Waals surface area contributed by atoms with Gasteiger partial charge in [0, 0.05) is 12.7 Å². The summed E-state index contributed by atoms with van der Waals surface area (Å²) >= 11 is 0. The lowest BCUT2D eigenvalue weighted by Gasteiger charge is -2.24. The highest BCUT2D eigenvalue weighted by atomic mass is 16.2. The minimum absolute atomic E-state index is 0. The summed E-state index contributed by atoms with van der Waals surface area (Å²) in [6.07, 6.45) is 0.768. The third-order valence-corrected chi connectivity index (χ3v) is 7.02. The van der Waals surface area contributed by atoms with Gasteiger partial charge in [-0.1, -0.05) is 118 Å². The van der Waals surface area contributed by atoms with Crippen molar-refractivity contribution in [2.75, 3.05) is 11.9 Å². The predicted octanol–water partition coefficient (Wildman–Crippen LogP) is 9.91. The lowest BCUT2D eigenvalue weighted by atomic mass is 9.92. The Labute approximate surface area is 228 Å². The molecule has 5 rings (SSSR count). The van der Waals surface area contributed by atoms with Crippen molar-refractivity contribution in [3.05, 3.63) is 126 Å². The second-order valence-corrected chi connectivity index (χ2v) is 9.43. The average molecular weight is 502 g/mol. The zero-order valence-electron chi connectivity index (χ0n) is 21.1. The number of hydrogen-bond donors (Lipinski definition) is 0. The van der Waals surface area contributed by atoms with E-state index >= 15 is 0 Å². The number of aryl methyl sites for hydroxylation is 1. The molecular formula is C36H39NO. The van der Waals surface area contributed by atoms with Crippen LogP contribution >= 0.6 is 0 Å². The highest BCUT2D eigenvalue weighted by Crippen LogP contribution is 2.35. The van der Waals surface area contributed by atoms with Crippen molar-refractivity contribution in [3.63, 3.8) is 0 Å². The molecule has 0 aromatic heterocycles. The number of fused-ring (bicyclic) bond motifs is 1. The predicted molar refractivity (Wildman–Crippen MR) is 166 cm³/mol. The van der Waals surface area contributed by atoms with E-state index in [2.05, 4.69) is 86.6 Å². The van der Waals surface area contributed by atoms with Gasteiger partial charge in [0.25, 0.3) is 0 Å². The Bertz CT molecular complexity index is 1490. The Morgan fingerprint density at radius 2 is 1.34 bits per heavy atom. The smallest absolute Gasteiger partial charge is 0.234 e. The molecule has 0 saturated heterocycles. The third-order valence-electron chi connectivity index (χ3n) is 7.02. The van der Waals surface area contributed by atoms with Crippen LogP contribution in [0.1, 0.15) is 45.2 Å². The van der Waals surface area contributed by atoms with E-state index < -0.39 is 0 Å². The molecular weight excluding hydrogens is 462 g/mol. The van der Waals surface area contributed by atoms with Gasteiger partial charge >= 0.3 is 0 Å². The van der Waals surface area contributed by atoms with Crippen LogP contribution in [-0.4, -0.2) is 13.0 Å². The molecule has 38 heavy (non-hydrogen) atoms. The number of benzene rings is 5. The lowest BCUT2D eigenvalue weighted by molar-refractivity contribution is -0.119. The summed E-state index contributed by atoms with van der Waals surface area (Å²) in [6.45, 7) is 4.21. The topological polar surface area (TPSA) is 20.3 Å². The van der Waals surface area contributed by atoms with Crippen LogP contribution in [0.2, 0.25) is 0 Å². The SMILES string of the molecule is C.C.CCC(C(=O)N(C)c1ccc(-c2cc(-c3ccccc3)c3cc(C)ccc3c2)cc1)c1ccccc1. The van der Waals surface area contributed by atoms with E-state index in [0.717, 1.165) is 23.2 Å². The zero-order chi connectivity index (χ0) is 25.1. The van der Waals surface area contributed by atoms with Crippen molar-refractivity contribution in [1.29, 1.82) is 0 Å². The van der Waals surface area contributed by atoms with E-state index in [1.165, 1.54) is 33.0 Å². The first-order valence-electron chi connectivity index (χ1n) is 12.6. The van der Waals surface area contributed by atoms with Crippen LogP contribution in [-0.2, 0) is 4.79 Å². The van der Waals surface area contributed by atoms with Gasteiger partial charge in [-0.15, -0.1) is 0 Å². The molecule has 0 radical (unpaired) electrons. The van der Waals surface area contributed by atoms with Crippen molar-refractivity contribution in [2.45, 2.75) is 41.0 Å². The van der Waals surface area contributed by atoms with Crippen LogP contribution in [0.3, 0.4) is 0 Å². The highest BCUT2D eigenvalue weighted by molar-refractivity contribution is 6.01. The summed E-state index contributed by atoms with van der Waals surface area (Å²) in [5, 5.41) is 2.49.